The monoisotopic (exact) mass is 346 g/mol. The molecule has 24 heavy (non-hydrogen) atoms. The van der Waals surface area contributed by atoms with Crippen LogP contribution in [0.15, 0.2) is 30.3 Å². The first kappa shape index (κ1) is 19.1. The molecule has 7 nitrogen and oxygen atoms in total. The van der Waals surface area contributed by atoms with Crippen molar-refractivity contribution in [2.75, 3.05) is 6.54 Å². The Hall–Kier alpha value is -2.91. The molecular weight excluding hydrogens is 333 g/mol. The first-order chi connectivity index (χ1) is 11.1. The van der Waals surface area contributed by atoms with Crippen molar-refractivity contribution in [3.63, 3.8) is 0 Å². The van der Waals surface area contributed by atoms with E-state index < -0.39 is 35.6 Å². The summed E-state index contributed by atoms with van der Waals surface area (Å²) in [4.78, 5) is 32.7. The highest BCUT2D eigenvalue weighted by Crippen LogP contribution is 2.13. The van der Waals surface area contributed by atoms with Crippen LogP contribution in [-0.4, -0.2) is 35.6 Å². The number of nitro benzene ring substituents is 1. The van der Waals surface area contributed by atoms with Gasteiger partial charge in [0.05, 0.1) is 4.92 Å². The average Bonchev–Trinajstić information content (AvgIpc) is 2.50. The number of halogens is 3. The van der Waals surface area contributed by atoms with Crippen LogP contribution >= 0.6 is 0 Å². The number of non-ortho nitro benzene ring substituents is 1. The highest BCUT2D eigenvalue weighted by molar-refractivity contribution is 5.90. The third kappa shape index (κ3) is 6.90. The maximum Gasteiger partial charge on any atom is 0.405 e. The molecule has 1 aromatic rings. The van der Waals surface area contributed by atoms with Crippen molar-refractivity contribution in [3.05, 3.63) is 46.0 Å². The summed E-state index contributed by atoms with van der Waals surface area (Å²) in [5, 5.41) is 12.1. The number of rotatable bonds is 6. The van der Waals surface area contributed by atoms with Crippen molar-refractivity contribution in [1.29, 1.82) is 0 Å². The molecule has 0 radical (unpaired) electrons. The molecule has 0 bridgehead atoms. The summed E-state index contributed by atoms with van der Waals surface area (Å²) in [5.74, 6) is -2.02. The topological polar surface area (TPSA) is 98.5 Å². The number of amides is 1. The second-order valence-corrected chi connectivity index (χ2v) is 4.59. The molecule has 0 saturated heterocycles. The molecule has 1 amide bonds. The molecule has 0 spiro atoms. The van der Waals surface area contributed by atoms with Gasteiger partial charge in [0, 0.05) is 18.2 Å². The smallest absolute Gasteiger partial charge is 0.405 e. The highest BCUT2D eigenvalue weighted by atomic mass is 19.4. The first-order valence-electron chi connectivity index (χ1n) is 6.56. The van der Waals surface area contributed by atoms with E-state index in [0.29, 0.717) is 5.56 Å². The molecule has 10 heteroatoms. The maximum absolute atomic E-state index is 12.0. The molecule has 1 rings (SSSR count). The van der Waals surface area contributed by atoms with E-state index in [9.17, 15) is 32.9 Å². The number of nitrogens with one attached hydrogen (secondary N) is 1. The summed E-state index contributed by atoms with van der Waals surface area (Å²) in [5.41, 5.74) is 0.344. The fraction of sp³-hybridized carbons (Fsp3) is 0.286. The largest absolute Gasteiger partial charge is 0.449 e. The lowest BCUT2D eigenvalue weighted by molar-refractivity contribution is -0.384. The Morgan fingerprint density at radius 2 is 1.92 bits per heavy atom. The molecule has 1 aromatic carbocycles. The Labute approximate surface area is 134 Å². The number of hydrogen-bond acceptors (Lipinski definition) is 5. The van der Waals surface area contributed by atoms with Gasteiger partial charge in [0.25, 0.3) is 11.6 Å². The summed E-state index contributed by atoms with van der Waals surface area (Å²) >= 11 is 0. The van der Waals surface area contributed by atoms with Crippen LogP contribution in [0.4, 0.5) is 18.9 Å². The predicted molar refractivity (Wildman–Crippen MR) is 76.7 cm³/mol. The van der Waals surface area contributed by atoms with Gasteiger partial charge in [-0.25, -0.2) is 4.79 Å². The summed E-state index contributed by atoms with van der Waals surface area (Å²) < 4.78 is 40.5. The summed E-state index contributed by atoms with van der Waals surface area (Å²) in [6, 6.07) is 5.25. The minimum absolute atomic E-state index is 0.121. The molecule has 0 fully saturated rings. The van der Waals surface area contributed by atoms with Crippen molar-refractivity contribution in [2.45, 2.75) is 19.2 Å². The number of nitrogens with zero attached hydrogens (tertiary/aromatic N) is 1. The van der Waals surface area contributed by atoms with Crippen LogP contribution in [0.1, 0.15) is 12.5 Å². The number of ether oxygens (including phenoxy) is 1. The van der Waals surface area contributed by atoms with E-state index in [0.717, 1.165) is 13.0 Å². The van der Waals surface area contributed by atoms with E-state index in [1.54, 1.807) is 5.32 Å². The standard InChI is InChI=1S/C14H13F3N2O5/c1-9(13(21)18-8-14(15,16)17)24-12(20)7-4-10-2-5-11(6-3-10)19(22)23/h2-7,9H,8H2,1H3,(H,18,21)/b7-4+/t9-/m1/s1. The normalized spacial score (nSPS) is 12.7. The van der Waals surface area contributed by atoms with E-state index >= 15 is 0 Å². The Bertz CT molecular complexity index is 641. The van der Waals surface area contributed by atoms with Crippen LogP contribution in [0.5, 0.6) is 0 Å². The van der Waals surface area contributed by atoms with Gasteiger partial charge in [-0.2, -0.15) is 13.2 Å². The predicted octanol–water partition coefficient (Wildman–Crippen LogP) is 2.22. The average molecular weight is 346 g/mol. The van der Waals surface area contributed by atoms with Gasteiger partial charge in [0.1, 0.15) is 6.54 Å². The van der Waals surface area contributed by atoms with Gasteiger partial charge in [-0.15, -0.1) is 0 Å². The zero-order valence-corrected chi connectivity index (χ0v) is 12.4. The Morgan fingerprint density at radius 3 is 2.42 bits per heavy atom. The van der Waals surface area contributed by atoms with Gasteiger partial charge in [0.15, 0.2) is 6.10 Å². The van der Waals surface area contributed by atoms with E-state index in [1.165, 1.54) is 30.3 Å². The van der Waals surface area contributed by atoms with Crippen molar-refractivity contribution in [1.82, 2.24) is 5.32 Å². The quantitative estimate of drug-likeness (QED) is 0.369. The molecule has 1 atom stereocenters. The third-order valence-electron chi connectivity index (χ3n) is 2.64. The lowest BCUT2D eigenvalue weighted by Crippen LogP contribution is -2.40. The van der Waals surface area contributed by atoms with E-state index in [4.69, 9.17) is 0 Å². The molecule has 0 aromatic heterocycles. The van der Waals surface area contributed by atoms with Gasteiger partial charge >= 0.3 is 12.1 Å². The number of hydrogen-bond donors (Lipinski definition) is 1. The number of esters is 1. The molecule has 0 aliphatic heterocycles. The lowest BCUT2D eigenvalue weighted by Gasteiger charge is -2.13. The van der Waals surface area contributed by atoms with Gasteiger partial charge in [-0.1, -0.05) is 0 Å². The molecular formula is C14H13F3N2O5. The summed E-state index contributed by atoms with van der Waals surface area (Å²) in [6.45, 7) is -0.393. The summed E-state index contributed by atoms with van der Waals surface area (Å²) in [7, 11) is 0. The van der Waals surface area contributed by atoms with Crippen molar-refractivity contribution < 1.29 is 32.4 Å². The summed E-state index contributed by atoms with van der Waals surface area (Å²) in [6.07, 6.45) is -3.72. The highest BCUT2D eigenvalue weighted by Gasteiger charge is 2.29. The van der Waals surface area contributed by atoms with Gasteiger partial charge in [-0.05, 0) is 30.7 Å². The Balaban J connectivity index is 2.52. The number of carbonyl (C=O) groups is 2. The lowest BCUT2D eigenvalue weighted by atomic mass is 10.2. The minimum Gasteiger partial charge on any atom is -0.449 e. The zero-order valence-electron chi connectivity index (χ0n) is 12.4. The minimum atomic E-state index is -4.56. The van der Waals surface area contributed by atoms with Gasteiger partial charge in [-0.3, -0.25) is 14.9 Å². The maximum atomic E-state index is 12.0. The second-order valence-electron chi connectivity index (χ2n) is 4.59. The molecule has 130 valence electrons. The van der Waals surface area contributed by atoms with Crippen LogP contribution in [0.3, 0.4) is 0 Å². The van der Waals surface area contributed by atoms with Crippen LogP contribution in [0, 0.1) is 10.1 Å². The molecule has 0 aliphatic carbocycles. The fourth-order valence-electron chi connectivity index (χ4n) is 1.47. The third-order valence-corrected chi connectivity index (χ3v) is 2.64. The molecule has 0 aliphatic rings. The van der Waals surface area contributed by atoms with E-state index in [2.05, 4.69) is 4.74 Å². The van der Waals surface area contributed by atoms with E-state index in [1.807, 2.05) is 0 Å². The number of benzene rings is 1. The van der Waals surface area contributed by atoms with Gasteiger partial charge < -0.3 is 10.1 Å². The molecule has 0 saturated carbocycles. The number of alkyl halides is 3. The first-order valence-corrected chi connectivity index (χ1v) is 6.56. The van der Waals surface area contributed by atoms with Crippen molar-refractivity contribution in [3.8, 4) is 0 Å². The van der Waals surface area contributed by atoms with Crippen LogP contribution in [-0.2, 0) is 14.3 Å². The van der Waals surface area contributed by atoms with Crippen LogP contribution < -0.4 is 5.32 Å². The fourth-order valence-corrected chi connectivity index (χ4v) is 1.47. The Morgan fingerprint density at radius 1 is 1.33 bits per heavy atom. The zero-order chi connectivity index (χ0) is 18.3. The van der Waals surface area contributed by atoms with Crippen molar-refractivity contribution >= 4 is 23.6 Å². The molecule has 0 unspecified atom stereocenters. The molecule has 0 heterocycles. The number of carbonyl (C=O) groups excluding carboxylic acids is 2. The molecule has 1 N–H and O–H groups in total. The van der Waals surface area contributed by atoms with Gasteiger partial charge in [0.2, 0.25) is 0 Å². The second kappa shape index (κ2) is 8.09. The number of nitro groups is 1. The van der Waals surface area contributed by atoms with Crippen molar-refractivity contribution in [2.24, 2.45) is 0 Å². The van der Waals surface area contributed by atoms with E-state index in [-0.39, 0.29) is 5.69 Å². The Kier molecular flexibility index (Phi) is 6.45. The SMILES string of the molecule is C[C@@H](OC(=O)/C=C/c1ccc([N+](=O)[O-])cc1)C(=O)NCC(F)(F)F. The van der Waals surface area contributed by atoms with Crippen LogP contribution in [0.2, 0.25) is 0 Å². The van der Waals surface area contributed by atoms with Crippen LogP contribution in [0.25, 0.3) is 6.08 Å².